The van der Waals surface area contributed by atoms with Gasteiger partial charge in [-0.3, -0.25) is 9.69 Å². The Bertz CT molecular complexity index is 772. The standard InChI is InChI=1S/C22H27NO4/c1-25-19-9-6-16(7-10-19)14-23-12-4-5-18(15-23)22(24)17-8-11-20(26-2)21(13-17)27-3/h6-11,13,18H,4-5,12,14-15H2,1-3H3/t18-/m1/s1. The van der Waals surface area contributed by atoms with Crippen LogP contribution >= 0.6 is 0 Å². The van der Waals surface area contributed by atoms with E-state index in [0.717, 1.165) is 38.2 Å². The molecule has 1 heterocycles. The van der Waals surface area contributed by atoms with Gasteiger partial charge in [-0.15, -0.1) is 0 Å². The number of ether oxygens (including phenoxy) is 3. The Morgan fingerprint density at radius 1 is 1.00 bits per heavy atom. The lowest BCUT2D eigenvalue weighted by atomic mass is 9.89. The Kier molecular flexibility index (Phi) is 6.35. The van der Waals surface area contributed by atoms with E-state index >= 15 is 0 Å². The Labute approximate surface area is 160 Å². The summed E-state index contributed by atoms with van der Waals surface area (Å²) in [6, 6.07) is 13.5. The van der Waals surface area contributed by atoms with Gasteiger partial charge in [0.15, 0.2) is 17.3 Å². The van der Waals surface area contributed by atoms with Crippen LogP contribution in [0.2, 0.25) is 0 Å². The molecule has 0 N–H and O–H groups in total. The smallest absolute Gasteiger partial charge is 0.167 e. The fourth-order valence-corrected chi connectivity index (χ4v) is 3.63. The highest BCUT2D eigenvalue weighted by molar-refractivity contribution is 5.98. The van der Waals surface area contributed by atoms with Crippen LogP contribution in [-0.4, -0.2) is 45.1 Å². The number of carbonyl (C=O) groups excluding carboxylic acids is 1. The number of carbonyl (C=O) groups is 1. The van der Waals surface area contributed by atoms with E-state index in [0.29, 0.717) is 17.1 Å². The monoisotopic (exact) mass is 369 g/mol. The minimum atomic E-state index is 0.00935. The largest absolute Gasteiger partial charge is 0.497 e. The maximum atomic E-state index is 13.0. The fourth-order valence-electron chi connectivity index (χ4n) is 3.63. The average molecular weight is 369 g/mol. The first kappa shape index (κ1) is 19.2. The lowest BCUT2D eigenvalue weighted by Crippen LogP contribution is -2.38. The molecule has 0 unspecified atom stereocenters. The normalized spacial score (nSPS) is 17.4. The molecule has 0 bridgehead atoms. The van der Waals surface area contributed by atoms with Crippen LogP contribution in [0.5, 0.6) is 17.2 Å². The number of benzene rings is 2. The Morgan fingerprint density at radius 2 is 1.74 bits per heavy atom. The van der Waals surface area contributed by atoms with Crippen molar-refractivity contribution in [1.29, 1.82) is 0 Å². The highest BCUT2D eigenvalue weighted by Crippen LogP contribution is 2.30. The third-order valence-electron chi connectivity index (χ3n) is 5.11. The number of nitrogens with zero attached hydrogens (tertiary/aromatic N) is 1. The van der Waals surface area contributed by atoms with Crippen LogP contribution in [0, 0.1) is 5.92 Å². The van der Waals surface area contributed by atoms with Crippen molar-refractivity contribution in [2.75, 3.05) is 34.4 Å². The van der Waals surface area contributed by atoms with Crippen molar-refractivity contribution in [2.24, 2.45) is 5.92 Å². The molecule has 5 heteroatoms. The lowest BCUT2D eigenvalue weighted by Gasteiger charge is -2.32. The molecule has 1 aliphatic rings. The summed E-state index contributed by atoms with van der Waals surface area (Å²) in [5.74, 6) is 2.28. The molecule has 3 rings (SSSR count). The van der Waals surface area contributed by atoms with Crippen LogP contribution < -0.4 is 14.2 Å². The molecule has 0 saturated carbocycles. The molecule has 27 heavy (non-hydrogen) atoms. The minimum Gasteiger partial charge on any atom is -0.497 e. The Balaban J connectivity index is 1.67. The van der Waals surface area contributed by atoms with Crippen molar-refractivity contribution in [3.05, 3.63) is 53.6 Å². The molecule has 1 aliphatic heterocycles. The maximum Gasteiger partial charge on any atom is 0.167 e. The van der Waals surface area contributed by atoms with Crippen molar-refractivity contribution in [3.63, 3.8) is 0 Å². The third-order valence-corrected chi connectivity index (χ3v) is 5.11. The third kappa shape index (κ3) is 4.61. The zero-order chi connectivity index (χ0) is 19.2. The molecule has 5 nitrogen and oxygen atoms in total. The number of Topliss-reactive ketones (excluding diaryl/α,β-unsaturated/α-hetero) is 1. The number of likely N-dealkylation sites (tertiary alicyclic amines) is 1. The minimum absolute atomic E-state index is 0.00935. The number of hydrogen-bond acceptors (Lipinski definition) is 5. The van der Waals surface area contributed by atoms with Gasteiger partial charge in [0.05, 0.1) is 21.3 Å². The second-order valence-corrected chi connectivity index (χ2v) is 6.86. The van der Waals surface area contributed by atoms with Gasteiger partial charge in [-0.2, -0.15) is 0 Å². The molecule has 0 radical (unpaired) electrons. The molecule has 1 saturated heterocycles. The van der Waals surface area contributed by atoms with Gasteiger partial charge in [-0.05, 0) is 55.3 Å². The zero-order valence-electron chi connectivity index (χ0n) is 16.2. The summed E-state index contributed by atoms with van der Waals surface area (Å²) in [6.07, 6.45) is 1.95. The van der Waals surface area contributed by atoms with Crippen LogP contribution in [0.25, 0.3) is 0 Å². The summed E-state index contributed by atoms with van der Waals surface area (Å²) in [5, 5.41) is 0. The lowest BCUT2D eigenvalue weighted by molar-refractivity contribution is 0.0811. The van der Waals surface area contributed by atoms with E-state index in [1.807, 2.05) is 18.2 Å². The van der Waals surface area contributed by atoms with Crippen molar-refractivity contribution < 1.29 is 19.0 Å². The number of piperidine rings is 1. The zero-order valence-corrected chi connectivity index (χ0v) is 16.2. The van der Waals surface area contributed by atoms with Crippen LogP contribution in [0.3, 0.4) is 0 Å². The average Bonchev–Trinajstić information content (AvgIpc) is 2.73. The SMILES string of the molecule is COc1ccc(CN2CCC[C@@H](C(=O)c3ccc(OC)c(OC)c3)C2)cc1. The first-order chi connectivity index (χ1) is 13.1. The molecule has 1 fully saturated rings. The summed E-state index contributed by atoms with van der Waals surface area (Å²) >= 11 is 0. The molecule has 0 aromatic heterocycles. The van der Waals surface area contributed by atoms with Gasteiger partial charge in [0.1, 0.15) is 5.75 Å². The van der Waals surface area contributed by atoms with Gasteiger partial charge in [-0.1, -0.05) is 12.1 Å². The highest BCUT2D eigenvalue weighted by Gasteiger charge is 2.27. The number of hydrogen-bond donors (Lipinski definition) is 0. The Morgan fingerprint density at radius 3 is 2.41 bits per heavy atom. The van der Waals surface area contributed by atoms with Crippen molar-refractivity contribution in [1.82, 2.24) is 4.90 Å². The van der Waals surface area contributed by atoms with Crippen LogP contribution in [-0.2, 0) is 6.54 Å². The molecular weight excluding hydrogens is 342 g/mol. The molecular formula is C22H27NO4. The second kappa shape index (κ2) is 8.91. The van der Waals surface area contributed by atoms with Crippen LogP contribution in [0.1, 0.15) is 28.8 Å². The van der Waals surface area contributed by atoms with Crippen LogP contribution in [0.15, 0.2) is 42.5 Å². The van der Waals surface area contributed by atoms with Crippen molar-refractivity contribution >= 4 is 5.78 Å². The van der Waals surface area contributed by atoms with Gasteiger partial charge < -0.3 is 14.2 Å². The number of ketones is 1. The fraction of sp³-hybridized carbons (Fsp3) is 0.409. The molecule has 1 atom stereocenters. The van der Waals surface area contributed by atoms with E-state index < -0.39 is 0 Å². The summed E-state index contributed by atoms with van der Waals surface area (Å²) < 4.78 is 15.8. The first-order valence-corrected chi connectivity index (χ1v) is 9.26. The Hall–Kier alpha value is -2.53. The van der Waals surface area contributed by atoms with E-state index in [9.17, 15) is 4.79 Å². The molecule has 0 aliphatic carbocycles. The molecule has 144 valence electrons. The van der Waals surface area contributed by atoms with E-state index in [2.05, 4.69) is 17.0 Å². The van der Waals surface area contributed by atoms with Gasteiger partial charge in [0.2, 0.25) is 0 Å². The van der Waals surface area contributed by atoms with E-state index in [4.69, 9.17) is 14.2 Å². The van der Waals surface area contributed by atoms with E-state index in [1.165, 1.54) is 5.56 Å². The topological polar surface area (TPSA) is 48.0 Å². The van der Waals surface area contributed by atoms with Crippen LogP contribution in [0.4, 0.5) is 0 Å². The number of methoxy groups -OCH3 is 3. The highest BCUT2D eigenvalue weighted by atomic mass is 16.5. The molecule has 2 aromatic rings. The summed E-state index contributed by atoms with van der Waals surface area (Å²) in [6.45, 7) is 2.64. The molecule has 0 spiro atoms. The number of rotatable bonds is 7. The molecule has 2 aromatic carbocycles. The summed E-state index contributed by atoms with van der Waals surface area (Å²) in [4.78, 5) is 15.4. The quantitative estimate of drug-likeness (QED) is 0.695. The van der Waals surface area contributed by atoms with Crippen molar-refractivity contribution in [3.8, 4) is 17.2 Å². The first-order valence-electron chi connectivity index (χ1n) is 9.26. The van der Waals surface area contributed by atoms with Gasteiger partial charge in [0.25, 0.3) is 0 Å². The predicted octanol–water partition coefficient (Wildman–Crippen LogP) is 3.81. The van der Waals surface area contributed by atoms with Crippen molar-refractivity contribution in [2.45, 2.75) is 19.4 Å². The summed E-state index contributed by atoms with van der Waals surface area (Å²) in [5.41, 5.74) is 1.92. The predicted molar refractivity (Wildman–Crippen MR) is 105 cm³/mol. The maximum absolute atomic E-state index is 13.0. The van der Waals surface area contributed by atoms with Gasteiger partial charge >= 0.3 is 0 Å². The summed E-state index contributed by atoms with van der Waals surface area (Å²) in [7, 11) is 4.85. The van der Waals surface area contributed by atoms with Gasteiger partial charge in [0, 0.05) is 24.6 Å². The van der Waals surface area contributed by atoms with Gasteiger partial charge in [-0.25, -0.2) is 0 Å². The molecule has 0 amide bonds. The van der Waals surface area contributed by atoms with E-state index in [-0.39, 0.29) is 11.7 Å². The second-order valence-electron chi connectivity index (χ2n) is 6.86. The van der Waals surface area contributed by atoms with E-state index in [1.54, 1.807) is 33.5 Å².